The van der Waals surface area contributed by atoms with Gasteiger partial charge in [0, 0.05) is 20.1 Å². The molecule has 3 aromatic rings. The summed E-state index contributed by atoms with van der Waals surface area (Å²) in [6, 6.07) is 18.5. The third-order valence-electron chi connectivity index (χ3n) is 3.86. The quantitative estimate of drug-likeness (QED) is 0.454. The smallest absolute Gasteiger partial charge is 0.265 e. The first-order chi connectivity index (χ1) is 10.7. The zero-order chi connectivity index (χ0) is 15.3. The van der Waals surface area contributed by atoms with Gasteiger partial charge >= 0.3 is 0 Å². The van der Waals surface area contributed by atoms with E-state index in [4.69, 9.17) is 0 Å². The molecule has 0 radical (unpaired) electrons. The van der Waals surface area contributed by atoms with Crippen molar-refractivity contribution in [2.45, 2.75) is 0 Å². The van der Waals surface area contributed by atoms with Crippen LogP contribution >= 0.6 is 22.6 Å². The van der Waals surface area contributed by atoms with Gasteiger partial charge < -0.3 is 0 Å². The van der Waals surface area contributed by atoms with Crippen LogP contribution in [-0.4, -0.2) is 11.8 Å². The Labute approximate surface area is 140 Å². The van der Waals surface area contributed by atoms with E-state index in [0.717, 1.165) is 14.3 Å². The third-order valence-corrected chi connectivity index (χ3v) is 4.58. The lowest BCUT2D eigenvalue weighted by Crippen LogP contribution is -2.40. The largest absolute Gasteiger partial charge is 0.268 e. The molecule has 0 fully saturated rings. The Morgan fingerprint density at radius 1 is 0.727 bits per heavy atom. The molecule has 22 heavy (non-hydrogen) atoms. The fraction of sp³-hybridized carbons (Fsp3) is 0. The van der Waals surface area contributed by atoms with Crippen molar-refractivity contribution < 1.29 is 9.59 Å². The van der Waals surface area contributed by atoms with Crippen LogP contribution in [0, 0.1) is 3.57 Å². The van der Waals surface area contributed by atoms with Gasteiger partial charge in [-0.3, -0.25) is 9.59 Å². The maximum atomic E-state index is 12.8. The molecule has 3 nitrogen and oxygen atoms in total. The van der Waals surface area contributed by atoms with Crippen molar-refractivity contribution in [2.24, 2.45) is 0 Å². The van der Waals surface area contributed by atoms with Crippen LogP contribution < -0.4 is 4.90 Å². The highest BCUT2D eigenvalue weighted by Gasteiger charge is 2.33. The minimum absolute atomic E-state index is 0.268. The van der Waals surface area contributed by atoms with Crippen molar-refractivity contribution >= 4 is 50.9 Å². The number of imide groups is 1. The number of benzene rings is 3. The molecule has 0 bridgehead atoms. The molecule has 3 aromatic carbocycles. The Bertz CT molecular complexity index is 881. The predicted octanol–water partition coefficient (Wildman–Crippen LogP) is 4.25. The van der Waals surface area contributed by atoms with Crippen molar-refractivity contribution in [2.75, 3.05) is 4.90 Å². The van der Waals surface area contributed by atoms with Gasteiger partial charge in [0.2, 0.25) is 0 Å². The molecule has 4 heteroatoms. The van der Waals surface area contributed by atoms with Crippen LogP contribution in [0.3, 0.4) is 0 Å². The van der Waals surface area contributed by atoms with E-state index in [9.17, 15) is 9.59 Å². The van der Waals surface area contributed by atoms with Gasteiger partial charge in [-0.2, -0.15) is 0 Å². The van der Waals surface area contributed by atoms with Gasteiger partial charge in [0.25, 0.3) is 11.8 Å². The Morgan fingerprint density at radius 2 is 1.27 bits per heavy atom. The molecule has 0 saturated carbocycles. The molecular formula is C18H10INO2. The Morgan fingerprint density at radius 3 is 1.82 bits per heavy atom. The lowest BCUT2D eigenvalue weighted by atomic mass is 9.94. The van der Waals surface area contributed by atoms with Crippen LogP contribution in [0.2, 0.25) is 0 Å². The average molecular weight is 399 g/mol. The number of carbonyl (C=O) groups is 2. The molecule has 4 rings (SSSR count). The fourth-order valence-electron chi connectivity index (χ4n) is 2.86. The average Bonchev–Trinajstić information content (AvgIpc) is 2.54. The Balaban J connectivity index is 1.97. The summed E-state index contributed by atoms with van der Waals surface area (Å²) in [5.41, 5.74) is 1.75. The molecule has 106 valence electrons. The van der Waals surface area contributed by atoms with Crippen molar-refractivity contribution in [3.05, 3.63) is 75.4 Å². The number of hydrogen-bond acceptors (Lipinski definition) is 2. The first-order valence-electron chi connectivity index (χ1n) is 6.83. The van der Waals surface area contributed by atoms with Gasteiger partial charge in [-0.25, -0.2) is 4.90 Å². The first-order valence-corrected chi connectivity index (χ1v) is 7.91. The van der Waals surface area contributed by atoms with E-state index >= 15 is 0 Å². The second-order valence-corrected chi connectivity index (χ2v) is 6.38. The molecule has 0 saturated heterocycles. The van der Waals surface area contributed by atoms with Gasteiger partial charge in [-0.1, -0.05) is 24.3 Å². The molecule has 2 amide bonds. The SMILES string of the molecule is O=C1c2cccc3cccc(c23)C(=O)N1c1ccc(I)cc1. The molecule has 0 aromatic heterocycles. The fourth-order valence-corrected chi connectivity index (χ4v) is 3.21. The van der Waals surface area contributed by atoms with Crippen LogP contribution in [0.25, 0.3) is 10.8 Å². The van der Waals surface area contributed by atoms with Crippen molar-refractivity contribution in [1.82, 2.24) is 0 Å². The minimum atomic E-state index is -0.268. The summed E-state index contributed by atoms with van der Waals surface area (Å²) in [5.74, 6) is -0.536. The number of anilines is 1. The van der Waals surface area contributed by atoms with Gasteiger partial charge in [0.1, 0.15) is 0 Å². The molecule has 0 spiro atoms. The van der Waals surface area contributed by atoms with E-state index in [1.54, 1.807) is 24.3 Å². The van der Waals surface area contributed by atoms with Gasteiger partial charge in [-0.15, -0.1) is 0 Å². The maximum absolute atomic E-state index is 12.8. The van der Waals surface area contributed by atoms with E-state index in [1.165, 1.54) is 4.90 Å². The summed E-state index contributed by atoms with van der Waals surface area (Å²) in [6.07, 6.45) is 0. The standard InChI is InChI=1S/C18H10INO2/c19-12-7-9-13(10-8-12)20-17(21)14-5-1-3-11-4-2-6-15(16(11)14)18(20)22/h1-10H. The zero-order valence-corrected chi connectivity index (χ0v) is 13.6. The molecule has 1 aliphatic rings. The molecular weight excluding hydrogens is 389 g/mol. The summed E-state index contributed by atoms with van der Waals surface area (Å²) in [6.45, 7) is 0. The van der Waals surface area contributed by atoms with Crippen LogP contribution in [0.15, 0.2) is 60.7 Å². The van der Waals surface area contributed by atoms with Crippen molar-refractivity contribution in [1.29, 1.82) is 0 Å². The second-order valence-electron chi connectivity index (χ2n) is 5.13. The van der Waals surface area contributed by atoms with Crippen LogP contribution in [0.4, 0.5) is 5.69 Å². The van der Waals surface area contributed by atoms with E-state index in [0.29, 0.717) is 16.8 Å². The topological polar surface area (TPSA) is 37.4 Å². The summed E-state index contributed by atoms with van der Waals surface area (Å²) in [7, 11) is 0. The lowest BCUT2D eigenvalue weighted by molar-refractivity contribution is 0.0893. The maximum Gasteiger partial charge on any atom is 0.265 e. The summed E-state index contributed by atoms with van der Waals surface area (Å²) < 4.78 is 1.06. The number of carbonyl (C=O) groups excluding carboxylic acids is 2. The van der Waals surface area contributed by atoms with Crippen LogP contribution in [0.1, 0.15) is 20.7 Å². The van der Waals surface area contributed by atoms with Crippen LogP contribution in [0.5, 0.6) is 0 Å². The minimum Gasteiger partial charge on any atom is -0.268 e. The summed E-state index contributed by atoms with van der Waals surface area (Å²) in [4.78, 5) is 26.9. The zero-order valence-electron chi connectivity index (χ0n) is 11.4. The van der Waals surface area contributed by atoms with E-state index in [1.807, 2.05) is 36.4 Å². The predicted molar refractivity (Wildman–Crippen MR) is 94.2 cm³/mol. The summed E-state index contributed by atoms with van der Waals surface area (Å²) in [5, 5.41) is 1.67. The lowest BCUT2D eigenvalue weighted by Gasteiger charge is -2.27. The number of amides is 2. The van der Waals surface area contributed by atoms with Gasteiger partial charge in [-0.05, 0) is 64.4 Å². The van der Waals surface area contributed by atoms with E-state index < -0.39 is 0 Å². The van der Waals surface area contributed by atoms with E-state index in [2.05, 4.69) is 22.6 Å². The van der Waals surface area contributed by atoms with E-state index in [-0.39, 0.29) is 11.8 Å². The molecule has 0 N–H and O–H groups in total. The molecule has 0 atom stereocenters. The Kier molecular flexibility index (Phi) is 3.00. The number of rotatable bonds is 1. The molecule has 1 aliphatic heterocycles. The second kappa shape index (κ2) is 4.91. The molecule has 1 heterocycles. The molecule has 0 aliphatic carbocycles. The monoisotopic (exact) mass is 399 g/mol. The highest BCUT2D eigenvalue weighted by Crippen LogP contribution is 2.32. The normalized spacial score (nSPS) is 13.8. The highest BCUT2D eigenvalue weighted by molar-refractivity contribution is 14.1. The molecule has 0 unspecified atom stereocenters. The highest BCUT2D eigenvalue weighted by atomic mass is 127. The van der Waals surface area contributed by atoms with Crippen LogP contribution in [-0.2, 0) is 0 Å². The summed E-state index contributed by atoms with van der Waals surface area (Å²) >= 11 is 2.19. The van der Waals surface area contributed by atoms with Crippen molar-refractivity contribution in [3.63, 3.8) is 0 Å². The number of hydrogen-bond donors (Lipinski definition) is 0. The number of halogens is 1. The first kappa shape index (κ1) is 13.5. The van der Waals surface area contributed by atoms with Crippen molar-refractivity contribution in [3.8, 4) is 0 Å². The Hall–Kier alpha value is -2.21. The third kappa shape index (κ3) is 1.87. The van der Waals surface area contributed by atoms with Gasteiger partial charge in [0.15, 0.2) is 0 Å². The number of nitrogens with zero attached hydrogens (tertiary/aromatic N) is 1. The van der Waals surface area contributed by atoms with Gasteiger partial charge in [0.05, 0.1) is 5.69 Å².